The number of methoxy groups -OCH3 is 1. The number of aromatic nitrogens is 2. The van der Waals surface area contributed by atoms with E-state index in [4.69, 9.17) is 4.74 Å². The van der Waals surface area contributed by atoms with Crippen LogP contribution in [0.25, 0.3) is 10.2 Å². The topological polar surface area (TPSA) is 47.0 Å². The molecule has 3 heterocycles. The average molecular weight is 285 g/mol. The summed E-state index contributed by atoms with van der Waals surface area (Å²) < 4.78 is 6.35. The van der Waals surface area contributed by atoms with Gasteiger partial charge in [-0.05, 0) is 36.1 Å². The normalized spacial score (nSPS) is 12.3. The molecule has 0 saturated heterocycles. The summed E-state index contributed by atoms with van der Waals surface area (Å²) >= 11 is 1.70. The monoisotopic (exact) mass is 285 g/mol. The Labute approximate surface area is 121 Å². The fraction of sp³-hybridized carbons (Fsp3) is 0.200. The minimum atomic E-state index is 0.166. The molecule has 1 atom stereocenters. The van der Waals surface area contributed by atoms with Crippen LogP contribution in [0.15, 0.2) is 42.0 Å². The van der Waals surface area contributed by atoms with Crippen molar-refractivity contribution in [2.75, 3.05) is 12.4 Å². The summed E-state index contributed by atoms with van der Waals surface area (Å²) in [5, 5.41) is 5.58. The van der Waals surface area contributed by atoms with Crippen molar-refractivity contribution in [3.63, 3.8) is 0 Å². The third-order valence-corrected chi connectivity index (χ3v) is 4.12. The molecular formula is C15H15N3OS. The van der Waals surface area contributed by atoms with E-state index in [1.807, 2.05) is 30.5 Å². The maximum absolute atomic E-state index is 5.17. The maximum Gasteiger partial charge on any atom is 0.213 e. The van der Waals surface area contributed by atoms with Crippen LogP contribution in [0.2, 0.25) is 0 Å². The van der Waals surface area contributed by atoms with Gasteiger partial charge >= 0.3 is 0 Å². The van der Waals surface area contributed by atoms with Crippen molar-refractivity contribution in [1.29, 1.82) is 0 Å². The zero-order valence-corrected chi connectivity index (χ0v) is 12.1. The van der Waals surface area contributed by atoms with E-state index in [0.717, 1.165) is 16.8 Å². The van der Waals surface area contributed by atoms with E-state index < -0.39 is 0 Å². The van der Waals surface area contributed by atoms with Gasteiger partial charge in [0.25, 0.3) is 0 Å². The number of fused-ring (bicyclic) bond motifs is 1. The van der Waals surface area contributed by atoms with Gasteiger partial charge in [-0.1, -0.05) is 0 Å². The van der Waals surface area contributed by atoms with Gasteiger partial charge in [0.05, 0.1) is 23.0 Å². The molecule has 5 heteroatoms. The van der Waals surface area contributed by atoms with Crippen LogP contribution in [-0.2, 0) is 0 Å². The molecule has 4 nitrogen and oxygen atoms in total. The Hall–Kier alpha value is -2.14. The predicted molar refractivity (Wildman–Crippen MR) is 82.4 cm³/mol. The highest BCUT2D eigenvalue weighted by Crippen LogP contribution is 2.30. The highest BCUT2D eigenvalue weighted by molar-refractivity contribution is 7.17. The van der Waals surface area contributed by atoms with Crippen LogP contribution >= 0.6 is 11.3 Å². The molecule has 0 aliphatic carbocycles. The second kappa shape index (κ2) is 5.46. The number of anilines is 1. The van der Waals surface area contributed by atoms with Gasteiger partial charge in [0.15, 0.2) is 0 Å². The van der Waals surface area contributed by atoms with Crippen LogP contribution < -0.4 is 10.1 Å². The van der Waals surface area contributed by atoms with Crippen molar-refractivity contribution in [1.82, 2.24) is 9.97 Å². The standard InChI is InChI=1S/C15H15N3OS/c1-10(11-3-6-17-14(9-11)19-2)18-13-4-7-16-12-5-8-20-15(12)13/h3-10H,1-2H3,(H,16,18). The molecule has 0 aliphatic heterocycles. The number of pyridine rings is 2. The molecule has 0 saturated carbocycles. The first-order chi connectivity index (χ1) is 9.78. The third kappa shape index (κ3) is 2.44. The zero-order valence-electron chi connectivity index (χ0n) is 11.3. The van der Waals surface area contributed by atoms with Gasteiger partial charge < -0.3 is 10.1 Å². The minimum absolute atomic E-state index is 0.166. The number of rotatable bonds is 4. The lowest BCUT2D eigenvalue weighted by Gasteiger charge is -2.16. The van der Waals surface area contributed by atoms with Crippen LogP contribution in [0.5, 0.6) is 5.88 Å². The molecule has 0 aromatic carbocycles. The third-order valence-electron chi connectivity index (χ3n) is 3.18. The Morgan fingerprint density at radius 1 is 1.20 bits per heavy atom. The number of nitrogens with zero attached hydrogens (tertiary/aromatic N) is 2. The lowest BCUT2D eigenvalue weighted by molar-refractivity contribution is 0.397. The van der Waals surface area contributed by atoms with Crippen molar-refractivity contribution in [2.24, 2.45) is 0 Å². The molecule has 0 bridgehead atoms. The summed E-state index contributed by atoms with van der Waals surface area (Å²) in [6.45, 7) is 2.12. The first-order valence-corrected chi connectivity index (χ1v) is 7.24. The number of nitrogens with one attached hydrogen (secondary N) is 1. The smallest absolute Gasteiger partial charge is 0.213 e. The average Bonchev–Trinajstić information content (AvgIpc) is 2.97. The molecule has 1 unspecified atom stereocenters. The fourth-order valence-electron chi connectivity index (χ4n) is 2.11. The Balaban J connectivity index is 1.88. The summed E-state index contributed by atoms with van der Waals surface area (Å²) in [4.78, 5) is 8.48. The number of thiophene rings is 1. The fourth-order valence-corrected chi connectivity index (χ4v) is 2.94. The molecule has 3 aromatic heterocycles. The molecule has 0 fully saturated rings. The van der Waals surface area contributed by atoms with Crippen LogP contribution in [0.1, 0.15) is 18.5 Å². The quantitative estimate of drug-likeness (QED) is 0.790. The largest absolute Gasteiger partial charge is 0.481 e. The van der Waals surface area contributed by atoms with E-state index >= 15 is 0 Å². The molecule has 3 aromatic rings. The summed E-state index contributed by atoms with van der Waals surface area (Å²) in [5.74, 6) is 0.632. The van der Waals surface area contributed by atoms with Gasteiger partial charge in [-0.15, -0.1) is 11.3 Å². The van der Waals surface area contributed by atoms with Crippen molar-refractivity contribution in [2.45, 2.75) is 13.0 Å². The molecular weight excluding hydrogens is 270 g/mol. The Kier molecular flexibility index (Phi) is 3.52. The molecule has 20 heavy (non-hydrogen) atoms. The molecule has 0 radical (unpaired) electrons. The number of hydrogen-bond donors (Lipinski definition) is 1. The van der Waals surface area contributed by atoms with E-state index in [2.05, 4.69) is 27.6 Å². The van der Waals surface area contributed by atoms with Gasteiger partial charge in [0, 0.05) is 24.5 Å². The van der Waals surface area contributed by atoms with E-state index in [-0.39, 0.29) is 6.04 Å². The molecule has 0 aliphatic rings. The zero-order chi connectivity index (χ0) is 13.9. The summed E-state index contributed by atoms with van der Waals surface area (Å²) in [5.41, 5.74) is 3.27. The van der Waals surface area contributed by atoms with Crippen molar-refractivity contribution >= 4 is 27.2 Å². The summed E-state index contributed by atoms with van der Waals surface area (Å²) in [7, 11) is 1.63. The Morgan fingerprint density at radius 3 is 2.90 bits per heavy atom. The molecule has 0 amide bonds. The van der Waals surface area contributed by atoms with Crippen LogP contribution in [0.3, 0.4) is 0 Å². The second-order valence-corrected chi connectivity index (χ2v) is 5.41. The van der Waals surface area contributed by atoms with E-state index in [1.54, 1.807) is 24.6 Å². The first kappa shape index (κ1) is 12.9. The Morgan fingerprint density at radius 2 is 2.05 bits per heavy atom. The van der Waals surface area contributed by atoms with Crippen molar-refractivity contribution < 1.29 is 4.74 Å². The van der Waals surface area contributed by atoms with Crippen LogP contribution in [-0.4, -0.2) is 17.1 Å². The molecule has 0 spiro atoms. The maximum atomic E-state index is 5.17. The van der Waals surface area contributed by atoms with Crippen molar-refractivity contribution in [3.8, 4) is 5.88 Å². The number of hydrogen-bond acceptors (Lipinski definition) is 5. The summed E-state index contributed by atoms with van der Waals surface area (Å²) in [6, 6.07) is 8.15. The van der Waals surface area contributed by atoms with Crippen molar-refractivity contribution in [3.05, 3.63) is 47.6 Å². The minimum Gasteiger partial charge on any atom is -0.481 e. The van der Waals surface area contributed by atoms with E-state index in [9.17, 15) is 0 Å². The van der Waals surface area contributed by atoms with Gasteiger partial charge in [-0.3, -0.25) is 4.98 Å². The highest BCUT2D eigenvalue weighted by atomic mass is 32.1. The van der Waals surface area contributed by atoms with Crippen LogP contribution in [0, 0.1) is 0 Å². The van der Waals surface area contributed by atoms with Crippen LogP contribution in [0.4, 0.5) is 5.69 Å². The summed E-state index contributed by atoms with van der Waals surface area (Å²) in [6.07, 6.45) is 3.59. The molecule has 102 valence electrons. The van der Waals surface area contributed by atoms with Gasteiger partial charge in [0.1, 0.15) is 0 Å². The lowest BCUT2D eigenvalue weighted by Crippen LogP contribution is -2.07. The first-order valence-electron chi connectivity index (χ1n) is 6.36. The lowest BCUT2D eigenvalue weighted by atomic mass is 10.1. The Bertz CT molecular complexity index is 726. The van der Waals surface area contributed by atoms with Gasteiger partial charge in [-0.2, -0.15) is 0 Å². The predicted octanol–water partition coefficient (Wildman–Crippen LogP) is 3.87. The highest BCUT2D eigenvalue weighted by Gasteiger charge is 2.10. The number of ether oxygens (including phenoxy) is 1. The second-order valence-electron chi connectivity index (χ2n) is 4.49. The van der Waals surface area contributed by atoms with E-state index in [1.165, 1.54) is 4.70 Å². The van der Waals surface area contributed by atoms with Gasteiger partial charge in [0.2, 0.25) is 5.88 Å². The molecule has 3 rings (SSSR count). The van der Waals surface area contributed by atoms with Gasteiger partial charge in [-0.25, -0.2) is 4.98 Å². The SMILES string of the molecule is COc1cc(C(C)Nc2ccnc3ccsc23)ccn1. The molecule has 1 N–H and O–H groups in total. The van der Waals surface area contributed by atoms with E-state index in [0.29, 0.717) is 5.88 Å².